The van der Waals surface area contributed by atoms with Crippen LogP contribution in [-0.2, 0) is 17.7 Å². The highest BCUT2D eigenvalue weighted by molar-refractivity contribution is 5.79. The molecule has 1 aromatic carbocycles. The fraction of sp³-hybridized carbons (Fsp3) is 0.524. The highest BCUT2D eigenvalue weighted by Crippen LogP contribution is 2.08. The predicted molar refractivity (Wildman–Crippen MR) is 109 cm³/mol. The zero-order chi connectivity index (χ0) is 19.3. The number of oxazole rings is 1. The minimum Gasteiger partial charge on any atom is -0.444 e. The number of aliphatic imine (C=N–C) groups is 1. The Morgan fingerprint density at radius 2 is 1.93 bits per heavy atom. The van der Waals surface area contributed by atoms with Crippen LogP contribution in [0.1, 0.15) is 42.7 Å². The predicted octanol–water partition coefficient (Wildman–Crippen LogP) is 3.39. The van der Waals surface area contributed by atoms with E-state index in [9.17, 15) is 0 Å². The summed E-state index contributed by atoms with van der Waals surface area (Å²) in [5, 5.41) is 6.58. The van der Waals surface area contributed by atoms with Crippen molar-refractivity contribution in [3.05, 3.63) is 53.2 Å². The van der Waals surface area contributed by atoms with E-state index in [0.29, 0.717) is 12.4 Å². The molecule has 0 radical (unpaired) electrons. The first-order valence-electron chi connectivity index (χ1n) is 9.75. The molecule has 2 rings (SSSR count). The Labute approximate surface area is 162 Å². The van der Waals surface area contributed by atoms with Crippen LogP contribution in [0.25, 0.3) is 0 Å². The Bertz CT molecular complexity index is 663. The van der Waals surface area contributed by atoms with Gasteiger partial charge in [-0.25, -0.2) is 9.98 Å². The fourth-order valence-corrected chi connectivity index (χ4v) is 2.57. The minimum atomic E-state index is 0.437. The molecule has 0 aliphatic carbocycles. The van der Waals surface area contributed by atoms with Crippen molar-refractivity contribution in [2.24, 2.45) is 4.99 Å². The lowest BCUT2D eigenvalue weighted by Gasteiger charge is -2.11. The number of benzene rings is 1. The van der Waals surface area contributed by atoms with Gasteiger partial charge < -0.3 is 19.8 Å². The first kappa shape index (κ1) is 21.0. The van der Waals surface area contributed by atoms with Crippen LogP contribution >= 0.6 is 0 Å². The van der Waals surface area contributed by atoms with E-state index in [1.165, 1.54) is 5.56 Å². The maximum absolute atomic E-state index is 5.72. The quantitative estimate of drug-likeness (QED) is 0.359. The van der Waals surface area contributed by atoms with Crippen molar-refractivity contribution in [3.63, 3.8) is 0 Å². The van der Waals surface area contributed by atoms with Crippen molar-refractivity contribution in [1.29, 1.82) is 0 Å². The number of aryl methyl sites for hydroxylation is 2. The molecule has 0 saturated carbocycles. The lowest BCUT2D eigenvalue weighted by molar-refractivity contribution is 0.133. The average Bonchev–Trinajstić information content (AvgIpc) is 3.00. The lowest BCUT2D eigenvalue weighted by atomic mass is 10.2. The molecule has 0 unspecified atom stereocenters. The van der Waals surface area contributed by atoms with Gasteiger partial charge in [0.15, 0.2) is 5.96 Å². The molecule has 148 valence electrons. The largest absolute Gasteiger partial charge is 0.444 e. The van der Waals surface area contributed by atoms with E-state index in [2.05, 4.69) is 51.8 Å². The Kier molecular flexibility index (Phi) is 9.41. The SMILES string of the molecule is CCNC(=NCc1nc(C)c(C)o1)NCCCCOCCc1ccccc1. The highest BCUT2D eigenvalue weighted by Gasteiger charge is 2.05. The van der Waals surface area contributed by atoms with Gasteiger partial charge in [0.2, 0.25) is 5.89 Å². The number of guanidine groups is 1. The van der Waals surface area contributed by atoms with Crippen molar-refractivity contribution in [1.82, 2.24) is 15.6 Å². The fourth-order valence-electron chi connectivity index (χ4n) is 2.57. The number of ether oxygens (including phenoxy) is 1. The molecule has 0 atom stereocenters. The van der Waals surface area contributed by atoms with Crippen molar-refractivity contribution in [3.8, 4) is 0 Å². The molecule has 6 heteroatoms. The van der Waals surface area contributed by atoms with Crippen LogP contribution < -0.4 is 10.6 Å². The zero-order valence-corrected chi connectivity index (χ0v) is 16.8. The molecular weight excluding hydrogens is 340 g/mol. The van der Waals surface area contributed by atoms with Gasteiger partial charge in [-0.15, -0.1) is 0 Å². The molecule has 0 saturated heterocycles. The molecule has 2 aromatic rings. The van der Waals surface area contributed by atoms with Gasteiger partial charge in [0.25, 0.3) is 0 Å². The molecule has 0 aliphatic heterocycles. The number of hydrogen-bond acceptors (Lipinski definition) is 4. The summed E-state index contributed by atoms with van der Waals surface area (Å²) in [5.74, 6) is 2.29. The Balaban J connectivity index is 1.58. The van der Waals surface area contributed by atoms with Crippen molar-refractivity contribution < 1.29 is 9.15 Å². The summed E-state index contributed by atoms with van der Waals surface area (Å²) in [7, 11) is 0. The van der Waals surface area contributed by atoms with Gasteiger partial charge in [-0.1, -0.05) is 30.3 Å². The number of aromatic nitrogens is 1. The monoisotopic (exact) mass is 372 g/mol. The summed E-state index contributed by atoms with van der Waals surface area (Å²) in [6.45, 7) is 9.59. The molecule has 0 fully saturated rings. The first-order valence-corrected chi connectivity index (χ1v) is 9.75. The number of unbranched alkanes of at least 4 members (excludes halogenated alkanes) is 1. The van der Waals surface area contributed by atoms with Gasteiger partial charge in [0.05, 0.1) is 12.3 Å². The Morgan fingerprint density at radius 3 is 2.63 bits per heavy atom. The third-order valence-electron chi connectivity index (χ3n) is 4.18. The van der Waals surface area contributed by atoms with Crippen LogP contribution in [-0.4, -0.2) is 37.2 Å². The second-order valence-electron chi connectivity index (χ2n) is 6.43. The van der Waals surface area contributed by atoms with Crippen molar-refractivity contribution in [2.45, 2.75) is 46.6 Å². The number of nitrogens with zero attached hydrogens (tertiary/aromatic N) is 2. The van der Waals surface area contributed by atoms with Crippen LogP contribution in [0, 0.1) is 13.8 Å². The number of nitrogens with one attached hydrogen (secondary N) is 2. The van der Waals surface area contributed by atoms with Gasteiger partial charge in [-0.3, -0.25) is 0 Å². The van der Waals surface area contributed by atoms with Crippen LogP contribution in [0.15, 0.2) is 39.7 Å². The zero-order valence-electron chi connectivity index (χ0n) is 16.8. The number of hydrogen-bond donors (Lipinski definition) is 2. The van der Waals surface area contributed by atoms with Gasteiger partial charge in [0.1, 0.15) is 12.3 Å². The Hall–Kier alpha value is -2.34. The second-order valence-corrected chi connectivity index (χ2v) is 6.43. The normalized spacial score (nSPS) is 11.6. The third-order valence-corrected chi connectivity index (χ3v) is 4.18. The lowest BCUT2D eigenvalue weighted by Crippen LogP contribution is -2.37. The molecule has 27 heavy (non-hydrogen) atoms. The van der Waals surface area contributed by atoms with E-state index in [-0.39, 0.29) is 0 Å². The summed E-state index contributed by atoms with van der Waals surface area (Å²) in [5.41, 5.74) is 2.24. The summed E-state index contributed by atoms with van der Waals surface area (Å²) in [4.78, 5) is 8.88. The van der Waals surface area contributed by atoms with Crippen LogP contribution in [0.2, 0.25) is 0 Å². The maximum atomic E-state index is 5.72. The van der Waals surface area contributed by atoms with Crippen molar-refractivity contribution in [2.75, 3.05) is 26.3 Å². The van der Waals surface area contributed by atoms with Crippen molar-refractivity contribution >= 4 is 5.96 Å². The van der Waals surface area contributed by atoms with Gasteiger partial charge >= 0.3 is 0 Å². The topological polar surface area (TPSA) is 71.7 Å². The van der Waals surface area contributed by atoms with Crippen LogP contribution in [0.3, 0.4) is 0 Å². The molecule has 2 N–H and O–H groups in total. The van der Waals surface area contributed by atoms with Crippen LogP contribution in [0.4, 0.5) is 0 Å². The smallest absolute Gasteiger partial charge is 0.216 e. The summed E-state index contributed by atoms with van der Waals surface area (Å²) >= 11 is 0. The third kappa shape index (κ3) is 8.26. The standard InChI is InChI=1S/C21H32N4O2/c1-4-22-21(24-16-20-25-17(2)18(3)27-20)23-13-8-9-14-26-15-12-19-10-6-5-7-11-19/h5-7,10-11H,4,8-9,12-16H2,1-3H3,(H2,22,23,24). The van der Waals surface area contributed by atoms with E-state index in [1.54, 1.807) is 0 Å². The molecule has 6 nitrogen and oxygen atoms in total. The summed E-state index contributed by atoms with van der Waals surface area (Å²) in [6.07, 6.45) is 3.03. The average molecular weight is 373 g/mol. The Morgan fingerprint density at radius 1 is 1.11 bits per heavy atom. The molecule has 0 amide bonds. The summed E-state index contributed by atoms with van der Waals surface area (Å²) in [6, 6.07) is 10.4. The second kappa shape index (κ2) is 12.1. The molecule has 1 heterocycles. The highest BCUT2D eigenvalue weighted by atomic mass is 16.5. The van der Waals surface area contributed by atoms with Gasteiger partial charge in [-0.2, -0.15) is 0 Å². The van der Waals surface area contributed by atoms with E-state index < -0.39 is 0 Å². The number of rotatable bonds is 11. The van der Waals surface area contributed by atoms with Crippen LogP contribution in [0.5, 0.6) is 0 Å². The molecule has 0 spiro atoms. The van der Waals surface area contributed by atoms with E-state index in [0.717, 1.165) is 63.0 Å². The van der Waals surface area contributed by atoms with E-state index >= 15 is 0 Å². The molecule has 1 aromatic heterocycles. The first-order chi connectivity index (χ1) is 13.2. The van der Waals surface area contributed by atoms with Gasteiger partial charge in [0, 0.05) is 19.7 Å². The van der Waals surface area contributed by atoms with E-state index in [1.807, 2.05) is 19.9 Å². The molecule has 0 bridgehead atoms. The van der Waals surface area contributed by atoms with Gasteiger partial charge in [-0.05, 0) is 45.6 Å². The molecule has 0 aliphatic rings. The summed E-state index contributed by atoms with van der Waals surface area (Å²) < 4.78 is 11.3. The minimum absolute atomic E-state index is 0.437. The maximum Gasteiger partial charge on any atom is 0.216 e. The molecular formula is C21H32N4O2. The van der Waals surface area contributed by atoms with E-state index in [4.69, 9.17) is 9.15 Å².